The Bertz CT molecular complexity index is 849. The number of nitrogens with one attached hydrogen (secondary N) is 2. The molecule has 136 valence electrons. The van der Waals surface area contributed by atoms with Gasteiger partial charge in [0.05, 0.1) is 17.2 Å². The van der Waals surface area contributed by atoms with Gasteiger partial charge in [0.2, 0.25) is 11.8 Å². The number of fused-ring (bicyclic) bond motifs is 1. The fourth-order valence-corrected chi connectivity index (χ4v) is 3.75. The Morgan fingerprint density at radius 3 is 2.69 bits per heavy atom. The van der Waals surface area contributed by atoms with Crippen LogP contribution in [0.2, 0.25) is 0 Å². The lowest BCUT2D eigenvalue weighted by atomic mass is 10.2. The molecule has 0 saturated carbocycles. The van der Waals surface area contributed by atoms with Crippen LogP contribution in [-0.2, 0) is 22.6 Å². The molecule has 1 aliphatic rings. The van der Waals surface area contributed by atoms with E-state index in [0.29, 0.717) is 23.9 Å². The second-order valence-corrected chi connectivity index (χ2v) is 6.97. The molecule has 9 nitrogen and oxygen atoms in total. The molecule has 2 amide bonds. The average molecular weight is 375 g/mol. The molecule has 0 aliphatic carbocycles. The zero-order valence-electron chi connectivity index (χ0n) is 14.0. The van der Waals surface area contributed by atoms with Crippen LogP contribution < -0.4 is 10.6 Å². The third-order valence-electron chi connectivity index (χ3n) is 3.82. The smallest absolute Gasteiger partial charge is 0.269 e. The minimum atomic E-state index is -0.485. The van der Waals surface area contributed by atoms with Gasteiger partial charge in [-0.1, -0.05) is 0 Å². The Labute approximate surface area is 153 Å². The van der Waals surface area contributed by atoms with Gasteiger partial charge in [0.25, 0.3) is 5.69 Å². The Hall–Kier alpha value is -2.85. The van der Waals surface area contributed by atoms with Crippen molar-refractivity contribution in [1.82, 2.24) is 9.88 Å². The van der Waals surface area contributed by atoms with E-state index in [2.05, 4.69) is 15.6 Å². The topological polar surface area (TPSA) is 117 Å². The molecular formula is C16H17N5O4S. The Morgan fingerprint density at radius 2 is 2.04 bits per heavy atom. The highest BCUT2D eigenvalue weighted by atomic mass is 32.1. The molecule has 0 unspecified atom stereocenters. The molecule has 10 heteroatoms. The van der Waals surface area contributed by atoms with Gasteiger partial charge in [-0.05, 0) is 12.1 Å². The predicted molar refractivity (Wildman–Crippen MR) is 97.1 cm³/mol. The summed E-state index contributed by atoms with van der Waals surface area (Å²) in [6.45, 7) is 2.95. The fourth-order valence-electron chi connectivity index (χ4n) is 2.66. The van der Waals surface area contributed by atoms with E-state index in [-0.39, 0.29) is 24.0 Å². The van der Waals surface area contributed by atoms with Crippen LogP contribution in [-0.4, -0.2) is 39.7 Å². The van der Waals surface area contributed by atoms with Gasteiger partial charge < -0.3 is 10.6 Å². The number of nitrogens with zero attached hydrogens (tertiary/aromatic N) is 3. The number of nitro groups is 1. The molecule has 0 atom stereocenters. The molecule has 26 heavy (non-hydrogen) atoms. The fraction of sp³-hybridized carbons (Fsp3) is 0.312. The van der Waals surface area contributed by atoms with Gasteiger partial charge in [0, 0.05) is 49.1 Å². The lowest BCUT2D eigenvalue weighted by molar-refractivity contribution is -0.384. The van der Waals surface area contributed by atoms with Crippen molar-refractivity contribution < 1.29 is 14.5 Å². The minimum absolute atomic E-state index is 0.0215. The molecule has 0 saturated heterocycles. The van der Waals surface area contributed by atoms with E-state index in [0.717, 1.165) is 17.0 Å². The molecular weight excluding hydrogens is 358 g/mol. The summed E-state index contributed by atoms with van der Waals surface area (Å²) < 4.78 is 0. The van der Waals surface area contributed by atoms with Crippen LogP contribution in [0.3, 0.4) is 0 Å². The standard InChI is InChI=1S/C16H17N5O4S/c1-10(22)17-16-19-13-6-7-20(8-14(13)26-16)9-15(23)18-11-2-4-12(5-3-11)21(24)25/h2-5H,6-9H2,1H3,(H,18,23)(H,17,19,22). The number of anilines is 2. The lowest BCUT2D eigenvalue weighted by Gasteiger charge is -2.25. The zero-order valence-corrected chi connectivity index (χ0v) is 14.8. The van der Waals surface area contributed by atoms with Gasteiger partial charge in [-0.3, -0.25) is 24.6 Å². The number of carbonyl (C=O) groups is 2. The number of aromatic nitrogens is 1. The first-order valence-electron chi connectivity index (χ1n) is 7.93. The van der Waals surface area contributed by atoms with E-state index in [1.165, 1.54) is 42.5 Å². The number of benzene rings is 1. The van der Waals surface area contributed by atoms with E-state index < -0.39 is 4.92 Å². The quantitative estimate of drug-likeness (QED) is 0.610. The van der Waals surface area contributed by atoms with Crippen molar-refractivity contribution in [2.75, 3.05) is 23.7 Å². The predicted octanol–water partition coefficient (Wildman–Crippen LogP) is 2.01. The average Bonchev–Trinajstić information content (AvgIpc) is 2.95. The molecule has 0 radical (unpaired) electrons. The van der Waals surface area contributed by atoms with Crippen LogP contribution in [0.1, 0.15) is 17.5 Å². The van der Waals surface area contributed by atoms with Gasteiger partial charge >= 0.3 is 0 Å². The second-order valence-electron chi connectivity index (χ2n) is 5.88. The van der Waals surface area contributed by atoms with Gasteiger partial charge in [-0.15, -0.1) is 11.3 Å². The van der Waals surface area contributed by atoms with Gasteiger partial charge in [-0.2, -0.15) is 0 Å². The van der Waals surface area contributed by atoms with Crippen LogP contribution >= 0.6 is 11.3 Å². The van der Waals surface area contributed by atoms with Crippen molar-refractivity contribution in [3.8, 4) is 0 Å². The molecule has 1 aromatic carbocycles. The first-order chi connectivity index (χ1) is 12.4. The summed E-state index contributed by atoms with van der Waals surface area (Å²) in [5.41, 5.74) is 1.46. The number of nitro benzene ring substituents is 1. The van der Waals surface area contributed by atoms with Crippen LogP contribution in [0.25, 0.3) is 0 Å². The summed E-state index contributed by atoms with van der Waals surface area (Å²) in [5, 5.41) is 16.6. The summed E-state index contributed by atoms with van der Waals surface area (Å²) in [4.78, 5) is 40.9. The van der Waals surface area contributed by atoms with Crippen molar-refractivity contribution in [3.63, 3.8) is 0 Å². The number of carbonyl (C=O) groups excluding carboxylic acids is 2. The molecule has 3 rings (SSSR count). The van der Waals surface area contributed by atoms with E-state index >= 15 is 0 Å². The van der Waals surface area contributed by atoms with E-state index in [4.69, 9.17) is 0 Å². The summed E-state index contributed by atoms with van der Waals surface area (Å²) in [5.74, 6) is -0.343. The van der Waals surface area contributed by atoms with E-state index in [9.17, 15) is 19.7 Å². The molecule has 0 bridgehead atoms. The highest BCUT2D eigenvalue weighted by molar-refractivity contribution is 7.15. The Kier molecular flexibility index (Phi) is 5.24. The maximum atomic E-state index is 12.2. The monoisotopic (exact) mass is 375 g/mol. The highest BCUT2D eigenvalue weighted by Crippen LogP contribution is 2.28. The maximum Gasteiger partial charge on any atom is 0.269 e. The number of hydrogen-bond acceptors (Lipinski definition) is 7. The molecule has 2 N–H and O–H groups in total. The molecule has 2 aromatic rings. The first kappa shape index (κ1) is 18.0. The Morgan fingerprint density at radius 1 is 1.31 bits per heavy atom. The maximum absolute atomic E-state index is 12.2. The van der Waals surface area contributed by atoms with Crippen molar-refractivity contribution in [3.05, 3.63) is 45.0 Å². The summed E-state index contributed by atoms with van der Waals surface area (Å²) in [6, 6.07) is 5.72. The molecule has 1 aromatic heterocycles. The van der Waals surface area contributed by atoms with Crippen LogP contribution in [0, 0.1) is 10.1 Å². The molecule has 1 aliphatic heterocycles. The summed E-state index contributed by atoms with van der Waals surface area (Å²) in [6.07, 6.45) is 0.718. The number of non-ortho nitro benzene ring substituents is 1. The largest absolute Gasteiger partial charge is 0.325 e. The van der Waals surface area contributed by atoms with Crippen molar-refractivity contribution in [1.29, 1.82) is 0 Å². The second kappa shape index (κ2) is 7.58. The normalized spacial score (nSPS) is 13.7. The third kappa shape index (κ3) is 4.41. The number of amides is 2. The summed E-state index contributed by atoms with van der Waals surface area (Å²) >= 11 is 1.42. The molecule has 0 fully saturated rings. The number of rotatable bonds is 5. The van der Waals surface area contributed by atoms with Crippen LogP contribution in [0.15, 0.2) is 24.3 Å². The first-order valence-corrected chi connectivity index (χ1v) is 8.75. The van der Waals surface area contributed by atoms with E-state index in [1.807, 2.05) is 4.90 Å². The minimum Gasteiger partial charge on any atom is -0.325 e. The van der Waals surface area contributed by atoms with Gasteiger partial charge in [-0.25, -0.2) is 4.98 Å². The lowest BCUT2D eigenvalue weighted by Crippen LogP contribution is -2.36. The molecule has 2 heterocycles. The third-order valence-corrected chi connectivity index (χ3v) is 4.82. The van der Waals surface area contributed by atoms with Crippen molar-refractivity contribution in [2.45, 2.75) is 19.9 Å². The highest BCUT2D eigenvalue weighted by Gasteiger charge is 2.22. The SMILES string of the molecule is CC(=O)Nc1nc2c(s1)CN(CC(=O)Nc1ccc([N+](=O)[O-])cc1)CC2. The Balaban J connectivity index is 1.56. The van der Waals surface area contributed by atoms with Crippen molar-refractivity contribution in [2.24, 2.45) is 0 Å². The molecule has 0 spiro atoms. The zero-order chi connectivity index (χ0) is 18.7. The number of thiazole rings is 1. The van der Waals surface area contributed by atoms with Crippen LogP contribution in [0.4, 0.5) is 16.5 Å². The van der Waals surface area contributed by atoms with E-state index in [1.54, 1.807) is 0 Å². The number of hydrogen-bond donors (Lipinski definition) is 2. The summed E-state index contributed by atoms with van der Waals surface area (Å²) in [7, 11) is 0. The van der Waals surface area contributed by atoms with Crippen LogP contribution in [0.5, 0.6) is 0 Å². The van der Waals surface area contributed by atoms with Crippen molar-refractivity contribution >= 4 is 39.7 Å². The van der Waals surface area contributed by atoms with Gasteiger partial charge in [0.15, 0.2) is 5.13 Å². The van der Waals surface area contributed by atoms with Gasteiger partial charge in [0.1, 0.15) is 0 Å².